The molecule has 0 saturated carbocycles. The van der Waals surface area contributed by atoms with E-state index in [0.717, 1.165) is 6.54 Å². The topological polar surface area (TPSA) is 12.4 Å². The van der Waals surface area contributed by atoms with Gasteiger partial charge in [0.1, 0.15) is 0 Å². The number of nitrogens with zero attached hydrogens (tertiary/aromatic N) is 1. The molecule has 0 atom stereocenters. The highest BCUT2D eigenvalue weighted by molar-refractivity contribution is 7.78. The number of thiocarbonyl (C=S) groups is 1. The zero-order chi connectivity index (χ0) is 12.6. The smallest absolute Gasteiger partial charge is 0.0584 e. The van der Waals surface area contributed by atoms with Gasteiger partial charge in [-0.3, -0.25) is 0 Å². The van der Waals surface area contributed by atoms with Crippen molar-refractivity contribution in [3.05, 3.63) is 0 Å². The molecule has 0 N–H and O–H groups in total. The van der Waals surface area contributed by atoms with Crippen molar-refractivity contribution in [2.24, 2.45) is 4.99 Å². The van der Waals surface area contributed by atoms with Gasteiger partial charge in [-0.1, -0.05) is 77.6 Å². The Morgan fingerprint density at radius 2 is 1.12 bits per heavy atom. The summed E-state index contributed by atoms with van der Waals surface area (Å²) < 4.78 is 0. The Kier molecular flexibility index (Phi) is 15.6. The summed E-state index contributed by atoms with van der Waals surface area (Å²) in [5.74, 6) is 0. The molecule has 0 aromatic rings. The Labute approximate surface area is 113 Å². The van der Waals surface area contributed by atoms with E-state index in [2.05, 4.69) is 29.3 Å². The van der Waals surface area contributed by atoms with Gasteiger partial charge in [-0.15, -0.1) is 0 Å². The van der Waals surface area contributed by atoms with Crippen LogP contribution in [0.3, 0.4) is 0 Å². The van der Waals surface area contributed by atoms with Crippen molar-refractivity contribution in [1.29, 1.82) is 0 Å². The monoisotopic (exact) mass is 255 g/mol. The van der Waals surface area contributed by atoms with Crippen molar-refractivity contribution in [1.82, 2.24) is 0 Å². The van der Waals surface area contributed by atoms with Gasteiger partial charge in [0.15, 0.2) is 0 Å². The zero-order valence-corrected chi connectivity index (χ0v) is 12.4. The molecule has 0 aliphatic carbocycles. The Balaban J connectivity index is 2.91. The summed E-state index contributed by atoms with van der Waals surface area (Å²) in [6.45, 7) is 3.15. The van der Waals surface area contributed by atoms with Gasteiger partial charge >= 0.3 is 0 Å². The lowest BCUT2D eigenvalue weighted by atomic mass is 10.1. The number of rotatable bonds is 13. The van der Waals surface area contributed by atoms with Gasteiger partial charge < -0.3 is 0 Å². The minimum Gasteiger partial charge on any atom is -0.233 e. The van der Waals surface area contributed by atoms with Gasteiger partial charge in [0.05, 0.1) is 5.16 Å². The molecule has 0 aromatic heterocycles. The molecule has 0 radical (unpaired) electrons. The quantitative estimate of drug-likeness (QED) is 0.230. The van der Waals surface area contributed by atoms with E-state index in [1.54, 1.807) is 0 Å². The highest BCUT2D eigenvalue weighted by Gasteiger charge is 1.92. The molecule has 0 spiro atoms. The van der Waals surface area contributed by atoms with Gasteiger partial charge in [-0.2, -0.15) is 0 Å². The maximum Gasteiger partial charge on any atom is 0.0584 e. The van der Waals surface area contributed by atoms with E-state index in [4.69, 9.17) is 0 Å². The highest BCUT2D eigenvalue weighted by Crippen LogP contribution is 2.11. The molecule has 0 bridgehead atoms. The molecule has 0 aliphatic rings. The van der Waals surface area contributed by atoms with E-state index >= 15 is 0 Å². The van der Waals surface area contributed by atoms with Crippen molar-refractivity contribution in [3.8, 4) is 0 Å². The van der Waals surface area contributed by atoms with Crippen LogP contribution < -0.4 is 0 Å². The van der Waals surface area contributed by atoms with Crippen LogP contribution in [0.15, 0.2) is 4.99 Å². The fourth-order valence-corrected chi connectivity index (χ4v) is 2.17. The Hall–Kier alpha value is -0.200. The SMILES string of the molecule is CCCCCCCCCCCCCCN=C=S. The van der Waals surface area contributed by atoms with Crippen LogP contribution in [0.2, 0.25) is 0 Å². The summed E-state index contributed by atoms with van der Waals surface area (Å²) >= 11 is 4.52. The summed E-state index contributed by atoms with van der Waals surface area (Å²) in [7, 11) is 0. The molecule has 0 aliphatic heterocycles. The normalized spacial score (nSPS) is 10.2. The number of unbranched alkanes of at least 4 members (excludes halogenated alkanes) is 11. The Bertz CT molecular complexity index is 185. The largest absolute Gasteiger partial charge is 0.233 e. The number of aliphatic imine (C=N–C) groups is 1. The fraction of sp³-hybridized carbons (Fsp3) is 0.933. The first-order chi connectivity index (χ1) is 8.41. The molecule has 0 aromatic carbocycles. The molecule has 1 nitrogen and oxygen atoms in total. The first kappa shape index (κ1) is 16.8. The van der Waals surface area contributed by atoms with Gasteiger partial charge in [0, 0.05) is 6.54 Å². The molecular formula is C15H29NS. The van der Waals surface area contributed by atoms with Crippen LogP contribution in [-0.4, -0.2) is 11.7 Å². The average molecular weight is 255 g/mol. The molecule has 0 amide bonds. The second-order valence-electron chi connectivity index (χ2n) is 4.86. The molecule has 17 heavy (non-hydrogen) atoms. The second kappa shape index (κ2) is 15.8. The molecular weight excluding hydrogens is 226 g/mol. The van der Waals surface area contributed by atoms with Crippen molar-refractivity contribution in [2.75, 3.05) is 6.54 Å². The van der Waals surface area contributed by atoms with E-state index in [0.29, 0.717) is 0 Å². The maximum absolute atomic E-state index is 4.52. The van der Waals surface area contributed by atoms with Crippen molar-refractivity contribution in [2.45, 2.75) is 84.0 Å². The lowest BCUT2D eigenvalue weighted by Gasteiger charge is -2.01. The van der Waals surface area contributed by atoms with Gasteiger partial charge in [0.25, 0.3) is 0 Å². The second-order valence-corrected chi connectivity index (χ2v) is 5.04. The third-order valence-electron chi connectivity index (χ3n) is 3.19. The third kappa shape index (κ3) is 15.8. The first-order valence-corrected chi connectivity index (χ1v) is 7.86. The van der Waals surface area contributed by atoms with Crippen LogP contribution in [0.4, 0.5) is 0 Å². The van der Waals surface area contributed by atoms with Crippen molar-refractivity contribution < 1.29 is 0 Å². The molecule has 0 saturated heterocycles. The molecule has 0 heterocycles. The molecule has 2 heteroatoms. The predicted octanol–water partition coefficient (Wildman–Crippen LogP) is 5.79. The molecule has 100 valence electrons. The summed E-state index contributed by atoms with van der Waals surface area (Å²) in [6.07, 6.45) is 16.7. The van der Waals surface area contributed by atoms with E-state index < -0.39 is 0 Å². The average Bonchev–Trinajstić information content (AvgIpc) is 2.35. The van der Waals surface area contributed by atoms with Crippen LogP contribution in [0, 0.1) is 0 Å². The standard InChI is InChI=1S/C15H29NS/c1-2-3-4-5-6-7-8-9-10-11-12-13-14-16-15-17/h2-14H2,1H3. The van der Waals surface area contributed by atoms with Gasteiger partial charge in [-0.05, 0) is 18.6 Å². The lowest BCUT2D eigenvalue weighted by Crippen LogP contribution is -1.84. The van der Waals surface area contributed by atoms with Gasteiger partial charge in [-0.25, -0.2) is 4.99 Å². The van der Waals surface area contributed by atoms with Crippen molar-refractivity contribution >= 4 is 17.4 Å². The van der Waals surface area contributed by atoms with Crippen LogP contribution in [0.5, 0.6) is 0 Å². The van der Waals surface area contributed by atoms with E-state index in [1.807, 2.05) is 0 Å². The van der Waals surface area contributed by atoms with Crippen molar-refractivity contribution in [3.63, 3.8) is 0 Å². The number of hydrogen-bond acceptors (Lipinski definition) is 2. The molecule has 0 unspecified atom stereocenters. The Morgan fingerprint density at radius 3 is 1.53 bits per heavy atom. The van der Waals surface area contributed by atoms with E-state index in [9.17, 15) is 0 Å². The van der Waals surface area contributed by atoms with Crippen LogP contribution >= 0.6 is 12.2 Å². The predicted molar refractivity (Wildman–Crippen MR) is 81.0 cm³/mol. The third-order valence-corrected chi connectivity index (χ3v) is 3.32. The summed E-state index contributed by atoms with van der Waals surface area (Å²) in [6, 6.07) is 0. The Morgan fingerprint density at radius 1 is 0.706 bits per heavy atom. The van der Waals surface area contributed by atoms with Crippen LogP contribution in [0.1, 0.15) is 84.0 Å². The summed E-state index contributed by atoms with van der Waals surface area (Å²) in [5, 5.41) is 2.42. The van der Waals surface area contributed by atoms with E-state index in [-0.39, 0.29) is 0 Å². The fourth-order valence-electron chi connectivity index (χ4n) is 2.08. The minimum absolute atomic E-state index is 0.876. The first-order valence-electron chi connectivity index (χ1n) is 7.45. The summed E-state index contributed by atoms with van der Waals surface area (Å²) in [5.41, 5.74) is 0. The van der Waals surface area contributed by atoms with Crippen LogP contribution in [0.25, 0.3) is 0 Å². The lowest BCUT2D eigenvalue weighted by molar-refractivity contribution is 0.545. The number of isothiocyanates is 1. The van der Waals surface area contributed by atoms with Crippen LogP contribution in [-0.2, 0) is 0 Å². The maximum atomic E-state index is 4.52. The molecule has 0 rings (SSSR count). The number of hydrogen-bond donors (Lipinski definition) is 0. The minimum atomic E-state index is 0.876. The summed E-state index contributed by atoms with van der Waals surface area (Å²) in [4.78, 5) is 3.92. The highest BCUT2D eigenvalue weighted by atomic mass is 32.1. The van der Waals surface area contributed by atoms with Gasteiger partial charge in [0.2, 0.25) is 0 Å². The molecule has 0 fully saturated rings. The zero-order valence-electron chi connectivity index (χ0n) is 11.5. The van der Waals surface area contributed by atoms with E-state index in [1.165, 1.54) is 77.0 Å².